The molecule has 0 radical (unpaired) electrons. The lowest BCUT2D eigenvalue weighted by Gasteiger charge is -2.43. The van der Waals surface area contributed by atoms with Crippen LogP contribution in [0.1, 0.15) is 13.8 Å². The van der Waals surface area contributed by atoms with Gasteiger partial charge in [0.15, 0.2) is 5.58 Å². The molecule has 1 aromatic heterocycles. The zero-order chi connectivity index (χ0) is 23.7. The first-order valence-corrected chi connectivity index (χ1v) is 11.2. The second kappa shape index (κ2) is 8.90. The molecule has 3 aliphatic rings. The molecule has 9 nitrogen and oxygen atoms in total. The maximum atomic E-state index is 10.1. The topological polar surface area (TPSA) is 106 Å². The first kappa shape index (κ1) is 21.5. The summed E-state index contributed by atoms with van der Waals surface area (Å²) in [4.78, 5) is 17.7. The van der Waals surface area contributed by atoms with Crippen molar-refractivity contribution in [1.82, 2.24) is 14.6 Å². The quantitative estimate of drug-likeness (QED) is 0.214. The molecule has 2 aliphatic heterocycles. The molecule has 9 heteroatoms. The lowest BCUT2D eigenvalue weighted by molar-refractivity contribution is 0.189. The molecule has 0 saturated carbocycles. The minimum absolute atomic E-state index is 0.0392. The third kappa shape index (κ3) is 3.94. The van der Waals surface area contributed by atoms with Crippen molar-refractivity contribution in [3.8, 4) is 17.5 Å². The average Bonchev–Trinajstić information content (AvgIpc) is 3.28. The van der Waals surface area contributed by atoms with Crippen LogP contribution in [-0.4, -0.2) is 51.5 Å². The predicted molar refractivity (Wildman–Crippen MR) is 128 cm³/mol. The second-order valence-corrected chi connectivity index (χ2v) is 8.60. The van der Waals surface area contributed by atoms with Gasteiger partial charge in [0.1, 0.15) is 5.52 Å². The number of anilines is 1. The molecule has 172 valence electrons. The largest absolute Gasteiger partial charge is 0.428 e. The van der Waals surface area contributed by atoms with Crippen molar-refractivity contribution < 1.29 is 9.62 Å². The molecule has 1 N–H and O–H groups in total. The smallest absolute Gasteiger partial charge is 0.298 e. The number of hydrogen-bond donors (Lipinski definition) is 1. The van der Waals surface area contributed by atoms with Crippen LogP contribution < -0.4 is 10.3 Å². The summed E-state index contributed by atoms with van der Waals surface area (Å²) in [5.41, 5.74) is 2.99. The number of fused-ring (bicyclic) bond motifs is 2. The van der Waals surface area contributed by atoms with Gasteiger partial charge in [0.2, 0.25) is 12.2 Å². The van der Waals surface area contributed by atoms with Crippen LogP contribution in [0.4, 0.5) is 6.01 Å². The average molecular weight is 456 g/mol. The molecule has 0 spiro atoms. The summed E-state index contributed by atoms with van der Waals surface area (Å²) in [6.45, 7) is 6.21. The number of aliphatic imine (C=N–C) groups is 1. The fourth-order valence-electron chi connectivity index (χ4n) is 4.41. The Morgan fingerprint density at radius 1 is 1.15 bits per heavy atom. The highest BCUT2D eigenvalue weighted by Gasteiger charge is 2.33. The molecule has 5 rings (SSSR count). The summed E-state index contributed by atoms with van der Waals surface area (Å²) in [5, 5.41) is 20.2. The number of aromatic nitrogens is 2. The molecule has 1 unspecified atom stereocenters. The molecule has 3 heterocycles. The molecule has 0 amide bonds. The van der Waals surface area contributed by atoms with E-state index in [0.29, 0.717) is 42.7 Å². The Bertz CT molecular complexity index is 1400. The van der Waals surface area contributed by atoms with E-state index < -0.39 is 0 Å². The number of oxazole rings is 1. The highest BCUT2D eigenvalue weighted by molar-refractivity contribution is 5.83. The van der Waals surface area contributed by atoms with Gasteiger partial charge in [-0.15, -0.1) is 4.99 Å². The van der Waals surface area contributed by atoms with Crippen LogP contribution in [0.5, 0.6) is 0 Å². The van der Waals surface area contributed by atoms with E-state index in [1.54, 1.807) is 12.3 Å². The van der Waals surface area contributed by atoms with E-state index in [-0.39, 0.29) is 12.0 Å². The number of nitriles is 1. The van der Waals surface area contributed by atoms with Crippen molar-refractivity contribution in [1.29, 1.82) is 5.26 Å². The van der Waals surface area contributed by atoms with E-state index in [9.17, 15) is 10.5 Å². The van der Waals surface area contributed by atoms with Crippen molar-refractivity contribution in [3.63, 3.8) is 0 Å². The van der Waals surface area contributed by atoms with Crippen LogP contribution in [0.2, 0.25) is 0 Å². The minimum Gasteiger partial charge on any atom is -0.428 e. The summed E-state index contributed by atoms with van der Waals surface area (Å²) in [5.74, 6) is 0.623. The molecule has 1 saturated heterocycles. The number of guanidine groups is 1. The zero-order valence-corrected chi connectivity index (χ0v) is 19.0. The van der Waals surface area contributed by atoms with E-state index in [4.69, 9.17) is 9.41 Å². The van der Waals surface area contributed by atoms with Gasteiger partial charge in [-0.05, 0) is 42.3 Å². The van der Waals surface area contributed by atoms with Crippen LogP contribution in [0, 0.1) is 17.4 Å². The van der Waals surface area contributed by atoms with E-state index in [1.165, 1.54) is 0 Å². The standard InChI is InChI=1S/C25H25N7O2/c1-17(2)22-15-30(25-29-20-8-3-4-11-23(20)34-25)13-14-31(22)24(27-16-26)28-19-9-5-10-21-18(19)7-6-12-32(21)33/h3-12,17,22,33H,13-15H2,1-2H3. The Morgan fingerprint density at radius 2 is 2.00 bits per heavy atom. The van der Waals surface area contributed by atoms with Gasteiger partial charge in [-0.2, -0.15) is 15.0 Å². The predicted octanol–water partition coefficient (Wildman–Crippen LogP) is 3.56. The van der Waals surface area contributed by atoms with Gasteiger partial charge < -0.3 is 19.4 Å². The minimum atomic E-state index is 0.0392. The normalized spacial score (nSPS) is 17.6. The Hall–Kier alpha value is -4.32. The SMILES string of the molecule is CC(C)C1CN(c2nc3ccccc3o2)CCN1C(=NC#N)N=c1cccc2n(O)cccc1-2. The number of hydrogen-bond acceptors (Lipinski definition) is 6. The van der Waals surface area contributed by atoms with Crippen LogP contribution in [-0.2, 0) is 0 Å². The van der Waals surface area contributed by atoms with Crippen molar-refractivity contribution in [2.75, 3.05) is 24.5 Å². The first-order chi connectivity index (χ1) is 16.5. The van der Waals surface area contributed by atoms with Gasteiger partial charge in [-0.25, -0.2) is 4.99 Å². The fourth-order valence-corrected chi connectivity index (χ4v) is 4.41. The lowest BCUT2D eigenvalue weighted by Crippen LogP contribution is -2.57. The van der Waals surface area contributed by atoms with Crippen molar-refractivity contribution >= 4 is 23.1 Å². The third-order valence-electron chi connectivity index (χ3n) is 6.17. The molecular formula is C25H25N7O2. The molecule has 0 bridgehead atoms. The summed E-state index contributed by atoms with van der Waals surface area (Å²) >= 11 is 0. The van der Waals surface area contributed by atoms with E-state index in [2.05, 4.69) is 33.6 Å². The zero-order valence-electron chi connectivity index (χ0n) is 19.0. The summed E-state index contributed by atoms with van der Waals surface area (Å²) in [7, 11) is 0. The molecule has 34 heavy (non-hydrogen) atoms. The Labute approximate surface area is 196 Å². The number of benzene rings is 2. The molecule has 1 aliphatic carbocycles. The molecule has 2 aromatic rings. The number of nitrogens with zero attached hydrogens (tertiary/aromatic N) is 7. The Balaban J connectivity index is 1.49. The van der Waals surface area contributed by atoms with E-state index in [0.717, 1.165) is 21.4 Å². The first-order valence-electron chi connectivity index (χ1n) is 11.2. The van der Waals surface area contributed by atoms with Gasteiger partial charge in [-0.1, -0.05) is 32.0 Å². The monoisotopic (exact) mass is 455 g/mol. The highest BCUT2D eigenvalue weighted by atomic mass is 16.5. The van der Waals surface area contributed by atoms with Gasteiger partial charge >= 0.3 is 0 Å². The molecule has 1 atom stereocenters. The van der Waals surface area contributed by atoms with Gasteiger partial charge in [0.05, 0.1) is 17.1 Å². The van der Waals surface area contributed by atoms with Crippen molar-refractivity contribution in [3.05, 3.63) is 66.2 Å². The number of rotatable bonds is 2. The van der Waals surface area contributed by atoms with Gasteiger partial charge in [0.25, 0.3) is 6.01 Å². The third-order valence-corrected chi connectivity index (χ3v) is 6.17. The summed E-state index contributed by atoms with van der Waals surface area (Å²) in [6, 6.07) is 17.5. The number of para-hydroxylation sites is 2. The molecular weight excluding hydrogens is 430 g/mol. The van der Waals surface area contributed by atoms with Crippen LogP contribution in [0.25, 0.3) is 22.4 Å². The summed E-state index contributed by atoms with van der Waals surface area (Å²) < 4.78 is 7.06. The maximum Gasteiger partial charge on any atom is 0.298 e. The van der Waals surface area contributed by atoms with Crippen LogP contribution >= 0.6 is 0 Å². The van der Waals surface area contributed by atoms with Crippen molar-refractivity contribution in [2.45, 2.75) is 19.9 Å². The number of pyridine rings is 1. The van der Waals surface area contributed by atoms with Crippen LogP contribution in [0.3, 0.4) is 0 Å². The fraction of sp³-hybridized carbons (Fsp3) is 0.280. The molecule has 1 fully saturated rings. The Kier molecular flexibility index (Phi) is 5.64. The Morgan fingerprint density at radius 3 is 2.79 bits per heavy atom. The van der Waals surface area contributed by atoms with E-state index >= 15 is 0 Å². The second-order valence-electron chi connectivity index (χ2n) is 8.60. The highest BCUT2D eigenvalue weighted by Crippen LogP contribution is 2.26. The van der Waals surface area contributed by atoms with Crippen molar-refractivity contribution in [2.24, 2.45) is 15.9 Å². The van der Waals surface area contributed by atoms with Gasteiger partial charge in [0, 0.05) is 31.4 Å². The van der Waals surface area contributed by atoms with Crippen LogP contribution in [0.15, 0.2) is 75.2 Å². The van der Waals surface area contributed by atoms with Gasteiger partial charge in [-0.3, -0.25) is 0 Å². The number of piperazine rings is 1. The lowest BCUT2D eigenvalue weighted by atomic mass is 10.00. The molecule has 1 aromatic carbocycles. The maximum absolute atomic E-state index is 10.1. The van der Waals surface area contributed by atoms with E-state index in [1.807, 2.05) is 54.7 Å². The summed E-state index contributed by atoms with van der Waals surface area (Å²) in [6.07, 6.45) is 3.48.